The van der Waals surface area contributed by atoms with Gasteiger partial charge in [0.15, 0.2) is 0 Å². The quantitative estimate of drug-likeness (QED) is 0.399. The zero-order valence-electron chi connectivity index (χ0n) is 4.01. The predicted octanol–water partition coefficient (Wildman–Crippen LogP) is -1.10. The number of hydrogen-bond donors (Lipinski definition) is 0. The van der Waals surface area contributed by atoms with Gasteiger partial charge in [-0.05, 0) is 0 Å². The second kappa shape index (κ2) is 1.65. The van der Waals surface area contributed by atoms with Crippen molar-refractivity contribution in [2.45, 2.75) is 6.92 Å². The maximum atomic E-state index is 4.87. The van der Waals surface area contributed by atoms with Gasteiger partial charge in [0.25, 0.3) is 0 Å². The topological polar surface area (TPSA) is 38.9 Å². The van der Waals surface area contributed by atoms with Crippen molar-refractivity contribution in [3.8, 4) is 0 Å². The number of nitrogens with zero attached hydrogens (tertiary/aromatic N) is 2. The van der Waals surface area contributed by atoms with Gasteiger partial charge in [-0.1, -0.05) is 0 Å². The van der Waals surface area contributed by atoms with Crippen LogP contribution in [0.15, 0.2) is 4.42 Å². The Hall–Kier alpha value is -0.328. The molecule has 0 aliphatic carbocycles. The second-order valence-corrected chi connectivity index (χ2v) is 1.82. The normalized spacial score (nSPS) is 9.14. The summed E-state index contributed by atoms with van der Waals surface area (Å²) in [5, 5.41) is 7.22. The van der Waals surface area contributed by atoms with Crippen LogP contribution in [-0.4, -0.2) is 26.5 Å². The molecule has 0 saturated carbocycles. The van der Waals surface area contributed by atoms with Crippen LogP contribution in [-0.2, 0) is 0 Å². The predicted molar refractivity (Wildman–Crippen MR) is 25.8 cm³/mol. The van der Waals surface area contributed by atoms with Crippen LogP contribution in [0.5, 0.6) is 0 Å². The van der Waals surface area contributed by atoms with Crippen LogP contribution >= 0.6 is 0 Å². The van der Waals surface area contributed by atoms with E-state index in [1.807, 2.05) is 0 Å². The minimum atomic E-state index is 0.630. The molecule has 0 aliphatic rings. The first kappa shape index (κ1) is 4.82. The van der Waals surface area contributed by atoms with Gasteiger partial charge in [0.05, 0.1) is 0 Å². The van der Waals surface area contributed by atoms with Crippen molar-refractivity contribution >= 4 is 21.0 Å². The Morgan fingerprint density at radius 1 is 1.57 bits per heavy atom. The van der Waals surface area contributed by atoms with E-state index in [4.69, 9.17) is 4.42 Å². The van der Waals surface area contributed by atoms with Crippen LogP contribution in [0.2, 0.25) is 0 Å². The summed E-state index contributed by atoms with van der Waals surface area (Å²) < 4.78 is 5.52. The van der Waals surface area contributed by atoms with Gasteiger partial charge in [0, 0.05) is 0 Å². The summed E-state index contributed by atoms with van der Waals surface area (Å²) >= 11 is 1.58. The molecule has 1 rings (SSSR count). The fourth-order valence-electron chi connectivity index (χ4n) is 0.338. The molecule has 0 aromatic carbocycles. The molecule has 1 heterocycles. The van der Waals surface area contributed by atoms with E-state index >= 15 is 0 Å². The van der Waals surface area contributed by atoms with Crippen LogP contribution in [0, 0.1) is 6.92 Å². The van der Waals surface area contributed by atoms with Gasteiger partial charge < -0.3 is 0 Å². The zero-order chi connectivity index (χ0) is 5.28. The molecule has 4 heteroatoms. The summed E-state index contributed by atoms with van der Waals surface area (Å²) in [6.07, 6.45) is 0. The molecule has 0 radical (unpaired) electrons. The van der Waals surface area contributed by atoms with Crippen molar-refractivity contribution < 1.29 is 4.42 Å². The summed E-state index contributed by atoms with van der Waals surface area (Å²) in [5.41, 5.74) is 0. The first-order chi connectivity index (χ1) is 3.29. The molecule has 7 heavy (non-hydrogen) atoms. The molecule has 0 aliphatic heterocycles. The molecular formula is C3H4AlN2O+. The molecule has 0 spiro atoms. The number of aromatic nitrogens is 2. The standard InChI is InChI=1S/C3H3N2O.Al.H/c1-3-5-4-2-6-3;;/h1H3;;/q;+1;. The van der Waals surface area contributed by atoms with E-state index in [0.29, 0.717) is 10.6 Å². The van der Waals surface area contributed by atoms with Gasteiger partial charge in [0.1, 0.15) is 0 Å². The first-order valence-corrected chi connectivity index (χ1v) is 2.62. The molecule has 3 nitrogen and oxygen atoms in total. The molecule has 34 valence electrons. The third kappa shape index (κ3) is 1.02. The summed E-state index contributed by atoms with van der Waals surface area (Å²) in [5.74, 6) is 0.630. The Morgan fingerprint density at radius 3 is 2.43 bits per heavy atom. The van der Waals surface area contributed by atoms with E-state index in [1.165, 1.54) is 0 Å². The molecule has 0 saturated heterocycles. The van der Waals surface area contributed by atoms with Gasteiger partial charge in [-0.3, -0.25) is 0 Å². The monoisotopic (exact) mass is 111 g/mol. The Bertz CT molecular complexity index is 145. The Kier molecular flexibility index (Phi) is 1.13. The van der Waals surface area contributed by atoms with Gasteiger partial charge in [-0.2, -0.15) is 0 Å². The third-order valence-corrected chi connectivity index (χ3v) is 0.854. The summed E-state index contributed by atoms with van der Waals surface area (Å²) in [7, 11) is 0. The van der Waals surface area contributed by atoms with Crippen molar-refractivity contribution in [3.05, 3.63) is 5.89 Å². The third-order valence-electron chi connectivity index (χ3n) is 0.568. The number of aryl methyl sites for hydroxylation is 1. The van der Waals surface area contributed by atoms with Gasteiger partial charge in [0.2, 0.25) is 0 Å². The van der Waals surface area contributed by atoms with Crippen LogP contribution < -0.4 is 4.75 Å². The summed E-state index contributed by atoms with van der Waals surface area (Å²) in [6.45, 7) is 1.77. The zero-order valence-corrected chi connectivity index (χ0v) is 5.42. The molecule has 1 aromatic rings. The van der Waals surface area contributed by atoms with Crippen molar-refractivity contribution in [2.24, 2.45) is 0 Å². The van der Waals surface area contributed by atoms with Crippen LogP contribution in [0.1, 0.15) is 5.89 Å². The average Bonchev–Trinajstić information content (AvgIpc) is 1.87. The molecule has 0 unspecified atom stereocenters. The van der Waals surface area contributed by atoms with Gasteiger partial charge >= 0.3 is 48.5 Å². The van der Waals surface area contributed by atoms with E-state index in [0.717, 1.165) is 0 Å². The molecule has 0 fully saturated rings. The fourth-order valence-corrected chi connectivity index (χ4v) is 0.617. The number of hydrogen-bond acceptors (Lipinski definition) is 3. The van der Waals surface area contributed by atoms with E-state index in [9.17, 15) is 0 Å². The van der Waals surface area contributed by atoms with Crippen molar-refractivity contribution in [1.82, 2.24) is 10.2 Å². The SMILES string of the molecule is Cc1nn[c]([AlH+])o1. The maximum absolute atomic E-state index is 4.87. The van der Waals surface area contributed by atoms with Crippen LogP contribution in [0.3, 0.4) is 0 Å². The Labute approximate surface area is 49.2 Å². The molecular weight excluding hydrogens is 107 g/mol. The number of rotatable bonds is 0. The van der Waals surface area contributed by atoms with Crippen molar-refractivity contribution in [3.63, 3.8) is 0 Å². The van der Waals surface area contributed by atoms with Gasteiger partial charge in [-0.15, -0.1) is 0 Å². The van der Waals surface area contributed by atoms with Crippen LogP contribution in [0.4, 0.5) is 0 Å². The van der Waals surface area contributed by atoms with E-state index < -0.39 is 0 Å². The second-order valence-electron chi connectivity index (χ2n) is 1.21. The van der Waals surface area contributed by atoms with E-state index in [-0.39, 0.29) is 0 Å². The Balaban J connectivity index is 3.04. The molecule has 0 bridgehead atoms. The van der Waals surface area contributed by atoms with Crippen molar-refractivity contribution in [2.75, 3.05) is 0 Å². The van der Waals surface area contributed by atoms with E-state index in [2.05, 4.69) is 10.2 Å². The van der Waals surface area contributed by atoms with E-state index in [1.54, 1.807) is 23.2 Å². The first-order valence-electron chi connectivity index (χ1n) is 1.91. The summed E-state index contributed by atoms with van der Waals surface area (Å²) in [4.78, 5) is 0. The molecule has 1 aromatic heterocycles. The van der Waals surface area contributed by atoms with Crippen LogP contribution in [0.25, 0.3) is 0 Å². The average molecular weight is 111 g/mol. The summed E-state index contributed by atoms with van der Waals surface area (Å²) in [6, 6.07) is 0. The Morgan fingerprint density at radius 2 is 2.29 bits per heavy atom. The molecule has 0 N–H and O–H groups in total. The molecule has 0 atom stereocenters. The van der Waals surface area contributed by atoms with Crippen molar-refractivity contribution in [1.29, 1.82) is 0 Å². The fraction of sp³-hybridized carbons (Fsp3) is 0.333. The van der Waals surface area contributed by atoms with Gasteiger partial charge in [-0.25, -0.2) is 0 Å². The minimum absolute atomic E-state index is 0.630. The molecule has 0 amide bonds.